The van der Waals surface area contributed by atoms with E-state index in [9.17, 15) is 0 Å². The number of nitrogens with zero attached hydrogens (tertiary/aromatic N) is 4. The van der Waals surface area contributed by atoms with Crippen LogP contribution in [0.15, 0.2) is 28.8 Å². The van der Waals surface area contributed by atoms with Gasteiger partial charge in [0.1, 0.15) is 23.8 Å². The summed E-state index contributed by atoms with van der Waals surface area (Å²) in [6.45, 7) is 20.3. The van der Waals surface area contributed by atoms with E-state index in [1.807, 2.05) is 36.2 Å². The summed E-state index contributed by atoms with van der Waals surface area (Å²) in [7, 11) is -0.0986. The molecule has 0 saturated carbocycles. The van der Waals surface area contributed by atoms with E-state index < -0.39 is 14.1 Å². The molecular weight excluding hydrogens is 527 g/mol. The van der Waals surface area contributed by atoms with Crippen LogP contribution in [0.1, 0.15) is 45.1 Å². The van der Waals surface area contributed by atoms with Crippen molar-refractivity contribution in [1.82, 2.24) is 15.1 Å². The lowest BCUT2D eigenvalue weighted by Crippen LogP contribution is -2.44. The zero-order valence-corrected chi connectivity index (χ0v) is 26.0. The van der Waals surface area contributed by atoms with Gasteiger partial charge < -0.3 is 23.3 Å². The van der Waals surface area contributed by atoms with Gasteiger partial charge >= 0.3 is 0 Å². The highest BCUT2D eigenvalue weighted by Gasteiger charge is 2.38. The first-order chi connectivity index (χ1) is 18.8. The normalized spacial score (nSPS) is 15.8. The molecule has 217 valence electrons. The van der Waals surface area contributed by atoms with Crippen molar-refractivity contribution < 1.29 is 22.8 Å². The van der Waals surface area contributed by atoms with Crippen LogP contribution < -0.4 is 9.64 Å². The predicted octanol–water partition coefficient (Wildman–Crippen LogP) is 6.77. The number of hydrogen-bond acceptors (Lipinski definition) is 8. The van der Waals surface area contributed by atoms with Gasteiger partial charge in [0.05, 0.1) is 17.4 Å². The third-order valence-electron chi connectivity index (χ3n) is 7.97. The van der Waals surface area contributed by atoms with Gasteiger partial charge in [-0.15, -0.1) is 0 Å². The Morgan fingerprint density at radius 1 is 1.18 bits per heavy atom. The Balaban J connectivity index is 1.66. The van der Waals surface area contributed by atoms with Gasteiger partial charge in [0.2, 0.25) is 0 Å². The Labute approximate surface area is 238 Å². The van der Waals surface area contributed by atoms with Crippen molar-refractivity contribution in [3.8, 4) is 28.4 Å². The molecule has 1 saturated heterocycles. The highest BCUT2D eigenvalue weighted by atomic mass is 28.4. The predicted molar refractivity (Wildman–Crippen MR) is 158 cm³/mol. The van der Waals surface area contributed by atoms with Gasteiger partial charge in [0.25, 0.3) is 0 Å². The lowest BCUT2D eigenvalue weighted by Gasteiger charge is -2.38. The molecular formula is C30H42FN4O4Si. The summed E-state index contributed by atoms with van der Waals surface area (Å²) in [5.74, 6) is 1.26. The van der Waals surface area contributed by atoms with Crippen LogP contribution in [0.5, 0.6) is 5.75 Å². The lowest BCUT2D eigenvalue weighted by molar-refractivity contribution is 0.0852. The first kappa shape index (κ1) is 30.1. The largest absolute Gasteiger partial charge is 0.491 e. The maximum Gasteiger partial charge on any atom is 0.192 e. The molecule has 1 aliphatic heterocycles. The van der Waals surface area contributed by atoms with Crippen molar-refractivity contribution in [3.05, 3.63) is 48.5 Å². The van der Waals surface area contributed by atoms with Crippen LogP contribution in [0.3, 0.4) is 0 Å². The summed E-state index contributed by atoms with van der Waals surface area (Å²) in [4.78, 5) is 11.3. The minimum absolute atomic E-state index is 0.0806. The van der Waals surface area contributed by atoms with E-state index in [1.165, 1.54) is 0 Å². The van der Waals surface area contributed by atoms with Gasteiger partial charge in [0.15, 0.2) is 25.8 Å². The molecule has 0 aliphatic carbocycles. The topological polar surface area (TPSA) is 82.7 Å². The fourth-order valence-electron chi connectivity index (χ4n) is 4.57. The van der Waals surface area contributed by atoms with E-state index >= 15 is 4.39 Å². The van der Waals surface area contributed by atoms with Gasteiger partial charge in [-0.3, -0.25) is 0 Å². The number of hydrogen-bond donors (Lipinski definition) is 0. The van der Waals surface area contributed by atoms with Crippen molar-refractivity contribution in [2.75, 3.05) is 31.8 Å². The molecule has 0 spiro atoms. The van der Waals surface area contributed by atoms with Crippen molar-refractivity contribution in [1.29, 1.82) is 0 Å². The SMILES string of the molecule is [CH2]C(COc1cccc(-c2nc(-c3c(C)noc3C)c(F)c(N(C)C3CCOCC3)n2)c1)O[Si](C)(C)C(C)(C)C. The number of anilines is 1. The number of ether oxygens (including phenoxy) is 2. The molecule has 3 heterocycles. The average molecular weight is 570 g/mol. The van der Waals surface area contributed by atoms with Gasteiger partial charge in [-0.2, -0.15) is 0 Å². The Morgan fingerprint density at radius 3 is 2.50 bits per heavy atom. The van der Waals surface area contributed by atoms with Crippen molar-refractivity contribution in [2.24, 2.45) is 0 Å². The van der Waals surface area contributed by atoms with Crippen LogP contribution >= 0.6 is 0 Å². The third kappa shape index (κ3) is 6.55. The molecule has 1 atom stereocenters. The first-order valence-corrected chi connectivity index (χ1v) is 16.7. The molecule has 1 aliphatic rings. The molecule has 3 aromatic rings. The zero-order valence-electron chi connectivity index (χ0n) is 25.0. The number of aryl methyl sites for hydroxylation is 2. The quantitative estimate of drug-likeness (QED) is 0.261. The van der Waals surface area contributed by atoms with Gasteiger partial charge in [-0.05, 0) is 63.9 Å². The molecule has 0 amide bonds. The van der Waals surface area contributed by atoms with Crippen LogP contribution in [0.4, 0.5) is 10.2 Å². The molecule has 8 nitrogen and oxygen atoms in total. The summed E-state index contributed by atoms with van der Waals surface area (Å²) >= 11 is 0. The van der Waals surface area contributed by atoms with Crippen LogP contribution in [-0.2, 0) is 9.16 Å². The summed E-state index contributed by atoms with van der Waals surface area (Å²) in [5, 5.41) is 4.11. The fraction of sp³-hybridized carbons (Fsp3) is 0.533. The van der Waals surface area contributed by atoms with Gasteiger partial charge in [0, 0.05) is 31.9 Å². The second kappa shape index (κ2) is 12.0. The van der Waals surface area contributed by atoms with E-state index in [4.69, 9.17) is 23.4 Å². The molecule has 0 N–H and O–H groups in total. The van der Waals surface area contributed by atoms with Crippen LogP contribution in [0.25, 0.3) is 22.6 Å². The van der Waals surface area contributed by atoms with E-state index in [-0.39, 0.29) is 28.7 Å². The summed E-state index contributed by atoms with van der Waals surface area (Å²) in [5.41, 5.74) is 1.99. The second-order valence-corrected chi connectivity index (χ2v) is 16.8. The first-order valence-electron chi connectivity index (χ1n) is 13.8. The Hall–Kier alpha value is -2.82. The van der Waals surface area contributed by atoms with Gasteiger partial charge in [-0.1, -0.05) is 38.1 Å². The Morgan fingerprint density at radius 2 is 1.88 bits per heavy atom. The summed E-state index contributed by atoms with van der Waals surface area (Å²) < 4.78 is 39.4. The van der Waals surface area contributed by atoms with Crippen LogP contribution in [0.2, 0.25) is 18.1 Å². The summed E-state index contributed by atoms with van der Waals surface area (Å²) in [6.07, 6.45) is 1.28. The number of rotatable bonds is 9. The molecule has 10 heteroatoms. The number of halogens is 1. The summed E-state index contributed by atoms with van der Waals surface area (Å²) in [6, 6.07) is 7.61. The van der Waals surface area contributed by atoms with E-state index in [0.29, 0.717) is 54.0 Å². The molecule has 2 aromatic heterocycles. The highest BCUT2D eigenvalue weighted by molar-refractivity contribution is 6.74. The van der Waals surface area contributed by atoms with Crippen LogP contribution in [0, 0.1) is 26.6 Å². The van der Waals surface area contributed by atoms with Crippen LogP contribution in [-0.4, -0.2) is 62.5 Å². The maximum absolute atomic E-state index is 16.1. The zero-order chi connectivity index (χ0) is 29.2. The Kier molecular flexibility index (Phi) is 9.01. The lowest BCUT2D eigenvalue weighted by atomic mass is 10.1. The standard InChI is InChI=1S/C30H42FN4O4Si/c1-19(39-40(8,9)30(4,5)6)18-37-24-12-10-11-22(17-24)28-32-27(25-20(2)34-38-21(25)3)26(31)29(33-28)35(7)23-13-15-36-16-14-23/h10-12,17,19,23H,1,13-16,18H2,2-9H3. The van der Waals surface area contributed by atoms with Crippen molar-refractivity contribution in [3.63, 3.8) is 0 Å². The smallest absolute Gasteiger partial charge is 0.192 e. The molecule has 0 bridgehead atoms. The van der Waals surface area contributed by atoms with E-state index in [2.05, 4.69) is 50.9 Å². The molecule has 40 heavy (non-hydrogen) atoms. The molecule has 1 radical (unpaired) electrons. The average Bonchev–Trinajstić information content (AvgIpc) is 3.24. The van der Waals surface area contributed by atoms with E-state index in [0.717, 1.165) is 12.8 Å². The minimum Gasteiger partial charge on any atom is -0.491 e. The number of benzene rings is 1. The molecule has 1 aromatic carbocycles. The molecule has 4 rings (SSSR count). The third-order valence-corrected chi connectivity index (χ3v) is 12.5. The van der Waals surface area contributed by atoms with Crippen molar-refractivity contribution >= 4 is 14.1 Å². The monoisotopic (exact) mass is 569 g/mol. The molecule has 1 fully saturated rings. The maximum atomic E-state index is 16.1. The second-order valence-electron chi connectivity index (χ2n) is 12.0. The fourth-order valence-corrected chi connectivity index (χ4v) is 5.83. The molecule has 1 unspecified atom stereocenters. The van der Waals surface area contributed by atoms with Gasteiger partial charge in [-0.25, -0.2) is 14.4 Å². The Bertz CT molecular complexity index is 1300. The minimum atomic E-state index is -1.97. The highest BCUT2D eigenvalue weighted by Crippen LogP contribution is 2.38. The van der Waals surface area contributed by atoms with E-state index in [1.54, 1.807) is 13.8 Å². The number of aromatic nitrogens is 3. The van der Waals surface area contributed by atoms with Crippen molar-refractivity contribution in [2.45, 2.75) is 77.7 Å².